The maximum absolute atomic E-state index is 4.84. The molecule has 1 aromatic heterocycles. The summed E-state index contributed by atoms with van der Waals surface area (Å²) in [6, 6.07) is 0. The van der Waals surface area contributed by atoms with E-state index in [9.17, 15) is 0 Å². The highest BCUT2D eigenvalue weighted by atomic mass is 127. The topological polar surface area (TPSA) is 57.5 Å². The minimum Gasteiger partial charge on any atom is -0.357 e. The van der Waals surface area contributed by atoms with Gasteiger partial charge in [0.2, 0.25) is 0 Å². The van der Waals surface area contributed by atoms with Crippen LogP contribution in [0.1, 0.15) is 63.9 Å². The van der Waals surface area contributed by atoms with Crippen molar-refractivity contribution in [1.82, 2.24) is 25.3 Å². The zero-order chi connectivity index (χ0) is 19.6. The number of aliphatic imine (C=N–C) groups is 1. The molecule has 0 bridgehead atoms. The van der Waals surface area contributed by atoms with E-state index in [0.717, 1.165) is 44.2 Å². The van der Waals surface area contributed by atoms with Crippen LogP contribution >= 0.6 is 24.0 Å². The Labute approximate surface area is 189 Å². The second-order valence-corrected chi connectivity index (χ2v) is 7.70. The number of guanidine groups is 1. The molecule has 1 saturated heterocycles. The normalized spacial score (nSPS) is 16.1. The Hall–Kier alpha value is -0.830. The molecule has 0 atom stereocenters. The largest absolute Gasteiger partial charge is 0.357 e. The van der Waals surface area contributed by atoms with Crippen LogP contribution in [0, 0.1) is 5.92 Å². The van der Waals surface area contributed by atoms with Gasteiger partial charge in [0, 0.05) is 31.4 Å². The maximum Gasteiger partial charge on any atom is 0.191 e. The summed E-state index contributed by atoms with van der Waals surface area (Å²) in [7, 11) is 2.04. The molecule has 162 valence electrons. The van der Waals surface area contributed by atoms with Crippen molar-refractivity contribution < 1.29 is 0 Å². The number of aryl methyl sites for hydroxylation is 2. The van der Waals surface area contributed by atoms with Gasteiger partial charge in [-0.25, -0.2) is 4.99 Å². The summed E-state index contributed by atoms with van der Waals surface area (Å²) in [6.45, 7) is 15.1. The second-order valence-electron chi connectivity index (χ2n) is 7.70. The first kappa shape index (κ1) is 25.2. The molecule has 28 heavy (non-hydrogen) atoms. The molecule has 0 unspecified atom stereocenters. The van der Waals surface area contributed by atoms with E-state index in [1.807, 2.05) is 11.7 Å². The predicted octanol–water partition coefficient (Wildman–Crippen LogP) is 3.34. The van der Waals surface area contributed by atoms with Crippen molar-refractivity contribution in [1.29, 1.82) is 0 Å². The summed E-state index contributed by atoms with van der Waals surface area (Å²) in [5.41, 5.74) is 3.76. The minimum absolute atomic E-state index is 0. The Morgan fingerprint density at radius 2 is 1.86 bits per heavy atom. The summed E-state index contributed by atoms with van der Waals surface area (Å²) < 4.78 is 2.02. The first-order chi connectivity index (χ1) is 13.1. The predicted molar refractivity (Wildman–Crippen MR) is 130 cm³/mol. The zero-order valence-corrected chi connectivity index (χ0v) is 20.9. The molecule has 0 radical (unpaired) electrons. The number of likely N-dealkylation sites (tertiary alicyclic amines) is 1. The lowest BCUT2D eigenvalue weighted by molar-refractivity contribution is 0.191. The van der Waals surface area contributed by atoms with Gasteiger partial charge in [-0.1, -0.05) is 20.8 Å². The Balaban J connectivity index is 0.00000392. The summed E-state index contributed by atoms with van der Waals surface area (Å²) in [5, 5.41) is 11.5. The summed E-state index contributed by atoms with van der Waals surface area (Å²) >= 11 is 0. The fraction of sp³-hybridized carbons (Fsp3) is 0.810. The first-order valence-electron chi connectivity index (χ1n) is 10.9. The van der Waals surface area contributed by atoms with E-state index in [2.05, 4.69) is 48.3 Å². The maximum atomic E-state index is 4.84. The van der Waals surface area contributed by atoms with E-state index in [1.54, 1.807) is 0 Å². The van der Waals surface area contributed by atoms with Crippen molar-refractivity contribution >= 4 is 29.9 Å². The van der Waals surface area contributed by atoms with Crippen molar-refractivity contribution in [2.45, 2.75) is 66.3 Å². The molecular weight excluding hydrogens is 463 g/mol. The van der Waals surface area contributed by atoms with Crippen LogP contribution in [0.4, 0.5) is 0 Å². The van der Waals surface area contributed by atoms with Crippen LogP contribution in [0.25, 0.3) is 0 Å². The average molecular weight is 505 g/mol. The lowest BCUT2D eigenvalue weighted by Gasteiger charge is -2.30. The molecule has 0 amide bonds. The van der Waals surface area contributed by atoms with E-state index < -0.39 is 0 Å². The third-order valence-corrected chi connectivity index (χ3v) is 5.59. The van der Waals surface area contributed by atoms with Crippen LogP contribution in [0.3, 0.4) is 0 Å². The summed E-state index contributed by atoms with van der Waals surface area (Å²) in [4.78, 5) is 7.44. The lowest BCUT2D eigenvalue weighted by atomic mass is 9.99. The SMILES string of the molecule is CCNC(=NCc1c(CC)nn(C)c1CC)NCCCN1CCC(C)CC1.I. The van der Waals surface area contributed by atoms with Gasteiger partial charge in [0.05, 0.1) is 12.2 Å². The molecule has 0 aliphatic carbocycles. The Morgan fingerprint density at radius 3 is 2.46 bits per heavy atom. The standard InChI is InChI=1S/C21H40N6.HI/c1-6-19-18(20(7-2)26(5)25-19)16-24-21(22-8-3)23-12-9-13-27-14-10-17(4)11-15-27;/h17H,6-16H2,1-5H3,(H2,22,23,24);1H. The number of hydrogen-bond donors (Lipinski definition) is 2. The quantitative estimate of drug-likeness (QED) is 0.235. The Morgan fingerprint density at radius 1 is 1.14 bits per heavy atom. The lowest BCUT2D eigenvalue weighted by Crippen LogP contribution is -2.39. The highest BCUT2D eigenvalue weighted by molar-refractivity contribution is 14.0. The fourth-order valence-electron chi connectivity index (χ4n) is 3.87. The fourth-order valence-corrected chi connectivity index (χ4v) is 3.87. The number of nitrogens with zero attached hydrogens (tertiary/aromatic N) is 4. The monoisotopic (exact) mass is 504 g/mol. The van der Waals surface area contributed by atoms with Crippen LogP contribution in [-0.4, -0.2) is 53.4 Å². The van der Waals surface area contributed by atoms with Crippen LogP contribution in [-0.2, 0) is 26.4 Å². The highest BCUT2D eigenvalue weighted by Gasteiger charge is 2.15. The minimum atomic E-state index is 0. The van der Waals surface area contributed by atoms with Crippen LogP contribution in [0.2, 0.25) is 0 Å². The van der Waals surface area contributed by atoms with Gasteiger partial charge in [0.25, 0.3) is 0 Å². The van der Waals surface area contributed by atoms with Crippen molar-refractivity contribution in [2.75, 3.05) is 32.7 Å². The van der Waals surface area contributed by atoms with Gasteiger partial charge >= 0.3 is 0 Å². The molecule has 7 heteroatoms. The van der Waals surface area contributed by atoms with Crippen molar-refractivity contribution in [2.24, 2.45) is 18.0 Å². The number of nitrogens with one attached hydrogen (secondary N) is 2. The number of halogens is 1. The molecular formula is C21H41IN6. The van der Waals surface area contributed by atoms with Gasteiger partial charge in [-0.2, -0.15) is 5.10 Å². The van der Waals surface area contributed by atoms with Gasteiger partial charge in [0.15, 0.2) is 5.96 Å². The van der Waals surface area contributed by atoms with Crippen molar-refractivity contribution in [3.8, 4) is 0 Å². The number of aromatic nitrogens is 2. The van der Waals surface area contributed by atoms with Gasteiger partial charge in [-0.05, 0) is 64.6 Å². The van der Waals surface area contributed by atoms with Crippen LogP contribution < -0.4 is 10.6 Å². The van der Waals surface area contributed by atoms with E-state index >= 15 is 0 Å². The molecule has 2 heterocycles. The molecule has 1 fully saturated rings. The zero-order valence-electron chi connectivity index (χ0n) is 18.6. The number of hydrogen-bond acceptors (Lipinski definition) is 3. The van der Waals surface area contributed by atoms with E-state index in [-0.39, 0.29) is 24.0 Å². The van der Waals surface area contributed by atoms with Gasteiger partial charge in [-0.15, -0.1) is 24.0 Å². The molecule has 0 spiro atoms. The second kappa shape index (κ2) is 13.4. The van der Waals surface area contributed by atoms with Crippen molar-refractivity contribution in [3.63, 3.8) is 0 Å². The van der Waals surface area contributed by atoms with Gasteiger partial charge in [-0.3, -0.25) is 4.68 Å². The molecule has 1 aromatic rings. The van der Waals surface area contributed by atoms with Crippen molar-refractivity contribution in [3.05, 3.63) is 17.0 Å². The Kier molecular flexibility index (Phi) is 12.1. The van der Waals surface area contributed by atoms with Crippen LogP contribution in [0.15, 0.2) is 4.99 Å². The molecule has 2 N–H and O–H groups in total. The van der Waals surface area contributed by atoms with Crippen LogP contribution in [0.5, 0.6) is 0 Å². The molecule has 1 aliphatic heterocycles. The first-order valence-corrected chi connectivity index (χ1v) is 10.9. The smallest absolute Gasteiger partial charge is 0.191 e. The third-order valence-electron chi connectivity index (χ3n) is 5.59. The average Bonchev–Trinajstić information content (AvgIpc) is 2.99. The summed E-state index contributed by atoms with van der Waals surface area (Å²) in [6.07, 6.45) is 5.81. The van der Waals surface area contributed by atoms with Gasteiger partial charge in [0.1, 0.15) is 0 Å². The van der Waals surface area contributed by atoms with E-state index in [4.69, 9.17) is 4.99 Å². The highest BCUT2D eigenvalue weighted by Crippen LogP contribution is 2.17. The van der Waals surface area contributed by atoms with E-state index in [0.29, 0.717) is 6.54 Å². The number of piperidine rings is 1. The molecule has 0 saturated carbocycles. The molecule has 2 rings (SSSR count). The Bertz CT molecular complexity index is 590. The number of rotatable bonds is 9. The van der Waals surface area contributed by atoms with E-state index in [1.165, 1.54) is 49.4 Å². The summed E-state index contributed by atoms with van der Waals surface area (Å²) in [5.74, 6) is 1.82. The molecule has 1 aliphatic rings. The molecule has 6 nitrogen and oxygen atoms in total. The van der Waals surface area contributed by atoms with Gasteiger partial charge < -0.3 is 15.5 Å². The third kappa shape index (κ3) is 7.54. The molecule has 0 aromatic carbocycles.